The van der Waals surface area contributed by atoms with Crippen molar-refractivity contribution in [3.05, 3.63) is 43.9 Å². The zero-order chi connectivity index (χ0) is 14.9. The molecule has 2 aromatic rings. The third kappa shape index (κ3) is 3.09. The molecule has 0 unspecified atom stereocenters. The number of benzene rings is 1. The van der Waals surface area contributed by atoms with E-state index in [1.165, 1.54) is 18.2 Å². The van der Waals surface area contributed by atoms with Crippen molar-refractivity contribution in [1.29, 1.82) is 0 Å². The number of thiazole rings is 1. The average molecular weight is 331 g/mol. The third-order valence-electron chi connectivity index (χ3n) is 2.29. The summed E-state index contributed by atoms with van der Waals surface area (Å²) in [5, 5.41) is 20.3. The fourth-order valence-electron chi connectivity index (χ4n) is 1.43. The number of nitro groups is 1. The van der Waals surface area contributed by atoms with E-state index in [4.69, 9.17) is 16.7 Å². The minimum atomic E-state index is -1.06. The zero-order valence-electron chi connectivity index (χ0n) is 9.99. The summed E-state index contributed by atoms with van der Waals surface area (Å²) in [7, 11) is 0. The predicted octanol–water partition coefficient (Wildman–Crippen LogP) is 3.86. The van der Waals surface area contributed by atoms with Crippen LogP contribution in [0.2, 0.25) is 5.02 Å². The Balaban J connectivity index is 2.39. The molecular weight excluding hydrogens is 324 g/mol. The van der Waals surface area contributed by atoms with Crippen molar-refractivity contribution >= 4 is 46.4 Å². The lowest BCUT2D eigenvalue weighted by atomic mass is 10.3. The van der Waals surface area contributed by atoms with Crippen LogP contribution in [0.15, 0.2) is 27.4 Å². The van der Waals surface area contributed by atoms with Gasteiger partial charge in [0.2, 0.25) is 0 Å². The van der Waals surface area contributed by atoms with Gasteiger partial charge in [0.15, 0.2) is 4.34 Å². The van der Waals surface area contributed by atoms with Gasteiger partial charge in [-0.1, -0.05) is 23.4 Å². The molecule has 0 saturated heterocycles. The fourth-order valence-corrected chi connectivity index (χ4v) is 3.79. The standard InChI is InChI=1S/C11H7ClN2O4S2/c1-5-9(10(15)16)20-11(13-5)19-8-4-6(12)2-3-7(8)14(17)18/h2-4H,1H3,(H,15,16). The molecule has 6 nitrogen and oxygen atoms in total. The quantitative estimate of drug-likeness (QED) is 0.675. The number of carboxylic acids is 1. The van der Waals surface area contributed by atoms with Gasteiger partial charge in [0, 0.05) is 11.1 Å². The Morgan fingerprint density at radius 2 is 2.25 bits per heavy atom. The smallest absolute Gasteiger partial charge is 0.347 e. The van der Waals surface area contributed by atoms with Gasteiger partial charge in [-0.2, -0.15) is 0 Å². The van der Waals surface area contributed by atoms with Crippen LogP contribution < -0.4 is 0 Å². The molecule has 0 radical (unpaired) electrons. The molecule has 1 heterocycles. The van der Waals surface area contributed by atoms with Gasteiger partial charge in [-0.15, -0.1) is 11.3 Å². The predicted molar refractivity (Wildman–Crippen MR) is 76.0 cm³/mol. The lowest BCUT2D eigenvalue weighted by molar-refractivity contribution is -0.387. The highest BCUT2D eigenvalue weighted by Gasteiger charge is 2.19. The average Bonchev–Trinajstić information content (AvgIpc) is 2.70. The van der Waals surface area contributed by atoms with E-state index in [-0.39, 0.29) is 10.6 Å². The number of aromatic nitrogens is 1. The Labute approximate surface area is 126 Å². The second-order valence-corrected chi connectivity index (χ2v) is 6.40. The molecule has 2 rings (SSSR count). The molecule has 20 heavy (non-hydrogen) atoms. The van der Waals surface area contributed by atoms with E-state index >= 15 is 0 Å². The molecule has 0 saturated carbocycles. The van der Waals surface area contributed by atoms with E-state index in [2.05, 4.69) is 4.98 Å². The van der Waals surface area contributed by atoms with Crippen molar-refractivity contribution < 1.29 is 14.8 Å². The van der Waals surface area contributed by atoms with Crippen LogP contribution in [0.25, 0.3) is 0 Å². The first-order valence-corrected chi connectivity index (χ1v) is 7.22. The molecule has 0 aliphatic rings. The Morgan fingerprint density at radius 3 is 2.80 bits per heavy atom. The molecule has 1 aromatic heterocycles. The van der Waals surface area contributed by atoms with Crippen LogP contribution in [0.5, 0.6) is 0 Å². The van der Waals surface area contributed by atoms with Gasteiger partial charge >= 0.3 is 5.97 Å². The number of nitrogens with zero attached hydrogens (tertiary/aromatic N) is 2. The summed E-state index contributed by atoms with van der Waals surface area (Å²) in [4.78, 5) is 25.9. The first kappa shape index (κ1) is 14.8. The second-order valence-electron chi connectivity index (χ2n) is 3.67. The van der Waals surface area contributed by atoms with E-state index in [9.17, 15) is 14.9 Å². The van der Waals surface area contributed by atoms with Gasteiger partial charge in [-0.05, 0) is 19.1 Å². The largest absolute Gasteiger partial charge is 0.477 e. The van der Waals surface area contributed by atoms with Crippen molar-refractivity contribution in [3.63, 3.8) is 0 Å². The Morgan fingerprint density at radius 1 is 1.55 bits per heavy atom. The molecule has 0 atom stereocenters. The minimum Gasteiger partial charge on any atom is -0.477 e. The second kappa shape index (κ2) is 5.78. The maximum Gasteiger partial charge on any atom is 0.347 e. The number of rotatable bonds is 4. The van der Waals surface area contributed by atoms with Crippen LogP contribution in [0.3, 0.4) is 0 Å². The molecule has 9 heteroatoms. The van der Waals surface area contributed by atoms with Crippen molar-refractivity contribution in [1.82, 2.24) is 4.98 Å². The van der Waals surface area contributed by atoms with Crippen LogP contribution in [0.4, 0.5) is 5.69 Å². The summed E-state index contributed by atoms with van der Waals surface area (Å²) in [6.07, 6.45) is 0. The Kier molecular flexibility index (Phi) is 4.26. The number of hydrogen-bond donors (Lipinski definition) is 1. The summed E-state index contributed by atoms with van der Waals surface area (Å²) in [6, 6.07) is 4.20. The fraction of sp³-hybridized carbons (Fsp3) is 0.0909. The number of halogens is 1. The van der Waals surface area contributed by atoms with Gasteiger partial charge in [-0.25, -0.2) is 9.78 Å². The van der Waals surface area contributed by atoms with Crippen molar-refractivity contribution in [2.24, 2.45) is 0 Å². The molecule has 0 amide bonds. The topological polar surface area (TPSA) is 93.3 Å². The molecule has 1 aromatic carbocycles. The number of carboxylic acid groups (broad SMARTS) is 1. The molecule has 1 N–H and O–H groups in total. The van der Waals surface area contributed by atoms with Crippen LogP contribution in [-0.2, 0) is 0 Å². The van der Waals surface area contributed by atoms with E-state index in [1.807, 2.05) is 0 Å². The van der Waals surface area contributed by atoms with Gasteiger partial charge in [0.05, 0.1) is 15.5 Å². The molecular formula is C11H7ClN2O4S2. The number of nitro benzene ring substituents is 1. The number of carbonyl (C=O) groups is 1. The van der Waals surface area contributed by atoms with Crippen LogP contribution >= 0.6 is 34.7 Å². The van der Waals surface area contributed by atoms with Crippen molar-refractivity contribution in [2.45, 2.75) is 16.2 Å². The Bertz CT molecular complexity index is 702. The first-order valence-electron chi connectivity index (χ1n) is 5.21. The SMILES string of the molecule is Cc1nc(Sc2cc(Cl)ccc2[N+](=O)[O-])sc1C(=O)O. The van der Waals surface area contributed by atoms with Crippen molar-refractivity contribution in [2.75, 3.05) is 0 Å². The number of aryl methyl sites for hydroxylation is 1. The van der Waals surface area contributed by atoms with E-state index in [0.717, 1.165) is 23.1 Å². The molecule has 0 aliphatic carbocycles. The highest BCUT2D eigenvalue weighted by Crippen LogP contribution is 2.38. The highest BCUT2D eigenvalue weighted by molar-refractivity contribution is 8.01. The third-order valence-corrected chi connectivity index (χ3v) is 4.78. The summed E-state index contributed by atoms with van der Waals surface area (Å²) >= 11 is 7.83. The highest BCUT2D eigenvalue weighted by atomic mass is 35.5. The van der Waals surface area contributed by atoms with E-state index < -0.39 is 10.9 Å². The number of hydrogen-bond acceptors (Lipinski definition) is 6. The molecule has 0 spiro atoms. The summed E-state index contributed by atoms with van der Waals surface area (Å²) in [6.45, 7) is 1.58. The lowest BCUT2D eigenvalue weighted by Crippen LogP contribution is -1.94. The van der Waals surface area contributed by atoms with Gasteiger partial charge < -0.3 is 5.11 Å². The Hall–Kier alpha value is -1.64. The maximum atomic E-state index is 10.9. The summed E-state index contributed by atoms with van der Waals surface area (Å²) in [5.74, 6) is -1.06. The lowest BCUT2D eigenvalue weighted by Gasteiger charge is -2.00. The van der Waals surface area contributed by atoms with Gasteiger partial charge in [0.25, 0.3) is 5.69 Å². The van der Waals surface area contributed by atoms with E-state index in [1.54, 1.807) is 6.92 Å². The normalized spacial score (nSPS) is 10.5. The maximum absolute atomic E-state index is 10.9. The monoisotopic (exact) mass is 330 g/mol. The molecule has 104 valence electrons. The number of aromatic carboxylic acids is 1. The van der Waals surface area contributed by atoms with Crippen molar-refractivity contribution in [3.8, 4) is 0 Å². The first-order chi connectivity index (χ1) is 9.38. The summed E-state index contributed by atoms with van der Waals surface area (Å²) in [5.41, 5.74) is 0.291. The van der Waals surface area contributed by atoms with Crippen LogP contribution in [0.1, 0.15) is 15.4 Å². The summed E-state index contributed by atoms with van der Waals surface area (Å²) < 4.78 is 0.422. The van der Waals surface area contributed by atoms with Crippen LogP contribution in [0, 0.1) is 17.0 Å². The van der Waals surface area contributed by atoms with E-state index in [0.29, 0.717) is 20.0 Å². The van der Waals surface area contributed by atoms with Gasteiger partial charge in [-0.3, -0.25) is 10.1 Å². The minimum absolute atomic E-state index is 0.0934. The zero-order valence-corrected chi connectivity index (χ0v) is 12.4. The van der Waals surface area contributed by atoms with Gasteiger partial charge in [0.1, 0.15) is 4.88 Å². The molecule has 0 aliphatic heterocycles. The van der Waals surface area contributed by atoms with Crippen LogP contribution in [-0.4, -0.2) is 21.0 Å². The molecule has 0 fully saturated rings. The molecule has 0 bridgehead atoms.